The molecule has 1 heterocycles. The van der Waals surface area contributed by atoms with Crippen molar-refractivity contribution >= 4 is 0 Å². The molecule has 0 bridgehead atoms. The summed E-state index contributed by atoms with van der Waals surface area (Å²) in [4.78, 5) is 2.42. The SMILES string of the molecule is CCCCCCN1CCNCC1CO. The monoisotopic (exact) mass is 200 g/mol. The number of aliphatic hydroxyl groups is 1. The Morgan fingerprint density at radius 2 is 2.21 bits per heavy atom. The molecule has 0 aromatic heterocycles. The average Bonchev–Trinajstić information content (AvgIpc) is 2.25. The molecule has 0 aromatic rings. The maximum atomic E-state index is 9.18. The first kappa shape index (κ1) is 12.0. The predicted molar refractivity (Wildman–Crippen MR) is 59.5 cm³/mol. The molecule has 0 spiro atoms. The molecule has 0 amide bonds. The van der Waals surface area contributed by atoms with E-state index < -0.39 is 0 Å². The minimum atomic E-state index is 0.292. The second-order valence-corrected chi connectivity index (χ2v) is 4.14. The van der Waals surface area contributed by atoms with Gasteiger partial charge in [0.15, 0.2) is 0 Å². The number of nitrogens with zero attached hydrogens (tertiary/aromatic N) is 1. The van der Waals surface area contributed by atoms with Crippen LogP contribution in [-0.2, 0) is 0 Å². The molecule has 1 atom stereocenters. The van der Waals surface area contributed by atoms with Gasteiger partial charge in [-0.1, -0.05) is 26.2 Å². The predicted octanol–water partition coefficient (Wildman–Crippen LogP) is 0.833. The number of hydrogen-bond acceptors (Lipinski definition) is 3. The minimum absolute atomic E-state index is 0.292. The summed E-state index contributed by atoms with van der Waals surface area (Å²) in [5.74, 6) is 0. The Hall–Kier alpha value is -0.120. The van der Waals surface area contributed by atoms with Gasteiger partial charge < -0.3 is 10.4 Å². The van der Waals surface area contributed by atoms with E-state index in [0.717, 1.165) is 26.2 Å². The van der Waals surface area contributed by atoms with E-state index in [0.29, 0.717) is 12.6 Å². The van der Waals surface area contributed by atoms with Crippen LogP contribution in [0.25, 0.3) is 0 Å². The molecular formula is C11H24N2O. The van der Waals surface area contributed by atoms with Crippen LogP contribution < -0.4 is 5.32 Å². The molecule has 1 aliphatic rings. The first-order valence-electron chi connectivity index (χ1n) is 5.94. The Labute approximate surface area is 87.5 Å². The first-order valence-corrected chi connectivity index (χ1v) is 5.94. The van der Waals surface area contributed by atoms with Crippen LogP contribution in [0.5, 0.6) is 0 Å². The summed E-state index contributed by atoms with van der Waals surface area (Å²) in [5.41, 5.74) is 0. The lowest BCUT2D eigenvalue weighted by molar-refractivity contribution is 0.0989. The highest BCUT2D eigenvalue weighted by molar-refractivity contribution is 4.78. The van der Waals surface area contributed by atoms with Crippen molar-refractivity contribution in [3.63, 3.8) is 0 Å². The van der Waals surface area contributed by atoms with Crippen molar-refractivity contribution in [3.8, 4) is 0 Å². The Morgan fingerprint density at radius 3 is 2.93 bits per heavy atom. The molecule has 3 nitrogen and oxygen atoms in total. The summed E-state index contributed by atoms with van der Waals surface area (Å²) >= 11 is 0. The van der Waals surface area contributed by atoms with Crippen LogP contribution in [0, 0.1) is 0 Å². The fraction of sp³-hybridized carbons (Fsp3) is 1.00. The van der Waals surface area contributed by atoms with Gasteiger partial charge in [-0.15, -0.1) is 0 Å². The number of aliphatic hydroxyl groups excluding tert-OH is 1. The zero-order valence-electron chi connectivity index (χ0n) is 9.34. The standard InChI is InChI=1S/C11H24N2O/c1-2-3-4-5-7-13-8-6-12-9-11(13)10-14/h11-12,14H,2-10H2,1H3. The molecule has 14 heavy (non-hydrogen) atoms. The van der Waals surface area contributed by atoms with Crippen LogP contribution in [0.4, 0.5) is 0 Å². The largest absolute Gasteiger partial charge is 0.395 e. The highest BCUT2D eigenvalue weighted by Gasteiger charge is 2.20. The fourth-order valence-electron chi connectivity index (χ4n) is 2.02. The van der Waals surface area contributed by atoms with Crippen molar-refractivity contribution in [1.29, 1.82) is 0 Å². The Kier molecular flexibility index (Phi) is 6.15. The number of rotatable bonds is 6. The topological polar surface area (TPSA) is 35.5 Å². The van der Waals surface area contributed by atoms with Gasteiger partial charge in [-0.3, -0.25) is 4.90 Å². The summed E-state index contributed by atoms with van der Waals surface area (Å²) < 4.78 is 0. The molecule has 1 rings (SSSR count). The molecule has 0 radical (unpaired) electrons. The highest BCUT2D eigenvalue weighted by Crippen LogP contribution is 2.06. The zero-order valence-corrected chi connectivity index (χ0v) is 9.34. The van der Waals surface area contributed by atoms with Gasteiger partial charge in [-0.25, -0.2) is 0 Å². The van der Waals surface area contributed by atoms with Crippen molar-refractivity contribution < 1.29 is 5.11 Å². The summed E-state index contributed by atoms with van der Waals surface area (Å²) in [5, 5.41) is 12.5. The Balaban J connectivity index is 2.13. The highest BCUT2D eigenvalue weighted by atomic mass is 16.3. The van der Waals surface area contributed by atoms with Gasteiger partial charge in [0.05, 0.1) is 6.61 Å². The number of piperazine rings is 1. The number of hydrogen-bond donors (Lipinski definition) is 2. The molecule has 0 aliphatic carbocycles. The van der Waals surface area contributed by atoms with Crippen LogP contribution >= 0.6 is 0 Å². The Morgan fingerprint density at radius 1 is 1.36 bits per heavy atom. The van der Waals surface area contributed by atoms with Gasteiger partial charge in [0.25, 0.3) is 0 Å². The second-order valence-electron chi connectivity index (χ2n) is 4.14. The third kappa shape index (κ3) is 3.95. The molecule has 2 N–H and O–H groups in total. The lowest BCUT2D eigenvalue weighted by Gasteiger charge is -2.35. The zero-order chi connectivity index (χ0) is 10.2. The van der Waals surface area contributed by atoms with Gasteiger partial charge in [-0.2, -0.15) is 0 Å². The van der Waals surface area contributed by atoms with Crippen LogP contribution in [0.15, 0.2) is 0 Å². The van der Waals surface area contributed by atoms with E-state index in [1.807, 2.05) is 0 Å². The quantitative estimate of drug-likeness (QED) is 0.624. The van der Waals surface area contributed by atoms with E-state index in [-0.39, 0.29) is 0 Å². The average molecular weight is 200 g/mol. The van der Waals surface area contributed by atoms with E-state index >= 15 is 0 Å². The first-order chi connectivity index (χ1) is 6.88. The summed E-state index contributed by atoms with van der Waals surface area (Å²) in [6.07, 6.45) is 5.25. The molecule has 1 aliphatic heterocycles. The third-order valence-corrected chi connectivity index (χ3v) is 2.98. The van der Waals surface area contributed by atoms with Crippen LogP contribution in [0.2, 0.25) is 0 Å². The van der Waals surface area contributed by atoms with Crippen molar-refractivity contribution in [2.75, 3.05) is 32.8 Å². The maximum absolute atomic E-state index is 9.18. The molecule has 1 unspecified atom stereocenters. The van der Waals surface area contributed by atoms with Crippen molar-refractivity contribution in [2.45, 2.75) is 38.6 Å². The van der Waals surface area contributed by atoms with Crippen molar-refractivity contribution in [1.82, 2.24) is 10.2 Å². The Bertz CT molecular complexity index is 141. The molecular weight excluding hydrogens is 176 g/mol. The number of unbranched alkanes of at least 4 members (excludes halogenated alkanes) is 3. The van der Waals surface area contributed by atoms with Gasteiger partial charge in [0.2, 0.25) is 0 Å². The van der Waals surface area contributed by atoms with Gasteiger partial charge in [-0.05, 0) is 13.0 Å². The van der Waals surface area contributed by atoms with E-state index in [9.17, 15) is 5.11 Å². The maximum Gasteiger partial charge on any atom is 0.0599 e. The molecule has 0 saturated carbocycles. The molecule has 84 valence electrons. The molecule has 3 heteroatoms. The van der Waals surface area contributed by atoms with Crippen molar-refractivity contribution in [3.05, 3.63) is 0 Å². The number of nitrogens with one attached hydrogen (secondary N) is 1. The van der Waals surface area contributed by atoms with Gasteiger partial charge >= 0.3 is 0 Å². The third-order valence-electron chi connectivity index (χ3n) is 2.98. The van der Waals surface area contributed by atoms with Gasteiger partial charge in [0.1, 0.15) is 0 Å². The minimum Gasteiger partial charge on any atom is -0.395 e. The smallest absolute Gasteiger partial charge is 0.0599 e. The van der Waals surface area contributed by atoms with Gasteiger partial charge in [0, 0.05) is 25.7 Å². The second kappa shape index (κ2) is 7.21. The summed E-state index contributed by atoms with van der Waals surface area (Å²) in [6.45, 7) is 6.81. The van der Waals surface area contributed by atoms with Crippen LogP contribution in [-0.4, -0.2) is 48.8 Å². The van der Waals surface area contributed by atoms with E-state index in [2.05, 4.69) is 17.1 Å². The van der Waals surface area contributed by atoms with E-state index in [1.54, 1.807) is 0 Å². The van der Waals surface area contributed by atoms with E-state index in [4.69, 9.17) is 0 Å². The van der Waals surface area contributed by atoms with Crippen LogP contribution in [0.3, 0.4) is 0 Å². The summed E-state index contributed by atoms with van der Waals surface area (Å²) in [6, 6.07) is 0.352. The van der Waals surface area contributed by atoms with E-state index in [1.165, 1.54) is 25.7 Å². The lowest BCUT2D eigenvalue weighted by atomic mass is 10.1. The molecule has 1 saturated heterocycles. The fourth-order valence-corrected chi connectivity index (χ4v) is 2.02. The lowest BCUT2D eigenvalue weighted by Crippen LogP contribution is -2.53. The normalized spacial score (nSPS) is 24.0. The van der Waals surface area contributed by atoms with Crippen LogP contribution in [0.1, 0.15) is 32.6 Å². The summed E-state index contributed by atoms with van der Waals surface area (Å²) in [7, 11) is 0. The molecule has 0 aromatic carbocycles. The van der Waals surface area contributed by atoms with Crippen molar-refractivity contribution in [2.24, 2.45) is 0 Å². The molecule has 1 fully saturated rings.